The summed E-state index contributed by atoms with van der Waals surface area (Å²) in [6.45, 7) is 0. The summed E-state index contributed by atoms with van der Waals surface area (Å²) in [4.78, 5) is 4.02. The summed E-state index contributed by atoms with van der Waals surface area (Å²) in [5.74, 6) is -0.213. The second-order valence-corrected chi connectivity index (χ2v) is 4.21. The minimum absolute atomic E-state index is 0.0820. The molecule has 0 aliphatic heterocycles. The maximum absolute atomic E-state index is 13.2. The van der Waals surface area contributed by atoms with Crippen LogP contribution in [0.5, 0.6) is 0 Å². The molecule has 0 saturated carbocycles. The van der Waals surface area contributed by atoms with E-state index in [0.29, 0.717) is 11.5 Å². The molecule has 1 aromatic heterocycles. The zero-order valence-corrected chi connectivity index (χ0v) is 10.4. The third-order valence-electron chi connectivity index (χ3n) is 2.12. The Labute approximate surface area is 113 Å². The summed E-state index contributed by atoms with van der Waals surface area (Å²) in [5, 5.41) is 11.4. The number of pyridine rings is 1. The fourth-order valence-corrected chi connectivity index (χ4v) is 1.83. The van der Waals surface area contributed by atoms with Gasteiger partial charge in [0.25, 0.3) is 0 Å². The highest BCUT2D eigenvalue weighted by Crippen LogP contribution is 2.28. The predicted octanol–water partition coefficient (Wildman–Crippen LogP) is 4.14. The van der Waals surface area contributed by atoms with E-state index < -0.39 is 5.82 Å². The van der Waals surface area contributed by atoms with Crippen molar-refractivity contribution >= 4 is 34.7 Å². The van der Waals surface area contributed by atoms with E-state index >= 15 is 0 Å². The molecule has 0 bridgehead atoms. The number of nitriles is 1. The third kappa shape index (κ3) is 2.70. The molecule has 0 spiro atoms. The number of nitrogens with zero attached hydrogens (tertiary/aromatic N) is 2. The predicted molar refractivity (Wildman–Crippen MR) is 68.7 cm³/mol. The molecule has 0 fully saturated rings. The molecule has 1 N–H and O–H groups in total. The largest absolute Gasteiger partial charge is 0.340 e. The number of anilines is 2. The van der Waals surface area contributed by atoms with Crippen molar-refractivity contribution in [2.45, 2.75) is 0 Å². The fraction of sp³-hybridized carbons (Fsp3) is 0. The van der Waals surface area contributed by atoms with Crippen molar-refractivity contribution < 1.29 is 4.39 Å². The van der Waals surface area contributed by atoms with Gasteiger partial charge in [0.1, 0.15) is 17.6 Å². The molecule has 2 aromatic rings. The molecule has 0 unspecified atom stereocenters. The third-order valence-corrected chi connectivity index (χ3v) is 2.67. The molecule has 0 aliphatic rings. The summed E-state index contributed by atoms with van der Waals surface area (Å²) < 4.78 is 13.2. The molecule has 6 heteroatoms. The highest BCUT2D eigenvalue weighted by Gasteiger charge is 2.08. The van der Waals surface area contributed by atoms with Gasteiger partial charge in [-0.25, -0.2) is 9.37 Å². The second-order valence-electron chi connectivity index (χ2n) is 3.40. The molecule has 1 aromatic carbocycles. The Morgan fingerprint density at radius 3 is 2.50 bits per heavy atom. The summed E-state index contributed by atoms with van der Waals surface area (Å²) in [7, 11) is 0. The molecular weight excluding hydrogens is 276 g/mol. The maximum Gasteiger partial charge on any atom is 0.160 e. The topological polar surface area (TPSA) is 48.7 Å². The van der Waals surface area contributed by atoms with Gasteiger partial charge in [0.15, 0.2) is 5.82 Å². The Hall–Kier alpha value is -1.83. The minimum Gasteiger partial charge on any atom is -0.340 e. The number of hydrogen-bond acceptors (Lipinski definition) is 3. The van der Waals surface area contributed by atoms with Crippen LogP contribution in [0.3, 0.4) is 0 Å². The quantitative estimate of drug-likeness (QED) is 0.842. The van der Waals surface area contributed by atoms with Gasteiger partial charge in [-0.15, -0.1) is 0 Å². The summed E-state index contributed by atoms with van der Waals surface area (Å²) in [6.07, 6.45) is 0. The SMILES string of the molecule is N#Cc1cccc(Nc2cc(Cl)c(F)c(Cl)c2)n1. The Kier molecular flexibility index (Phi) is 3.66. The normalized spacial score (nSPS) is 9.89. The van der Waals surface area contributed by atoms with Gasteiger partial charge in [-0.1, -0.05) is 29.3 Å². The monoisotopic (exact) mass is 281 g/mol. The van der Waals surface area contributed by atoms with Crippen molar-refractivity contribution in [2.75, 3.05) is 5.32 Å². The van der Waals surface area contributed by atoms with Crippen LogP contribution >= 0.6 is 23.2 Å². The zero-order chi connectivity index (χ0) is 13.1. The summed E-state index contributed by atoms with van der Waals surface area (Å²) in [6, 6.07) is 9.64. The smallest absolute Gasteiger partial charge is 0.160 e. The van der Waals surface area contributed by atoms with E-state index in [9.17, 15) is 4.39 Å². The highest BCUT2D eigenvalue weighted by molar-refractivity contribution is 6.35. The first-order chi connectivity index (χ1) is 8.60. The molecule has 1 heterocycles. The Morgan fingerprint density at radius 1 is 1.22 bits per heavy atom. The number of benzene rings is 1. The van der Waals surface area contributed by atoms with Gasteiger partial charge in [0.05, 0.1) is 10.0 Å². The van der Waals surface area contributed by atoms with Crippen LogP contribution in [0.2, 0.25) is 10.0 Å². The number of hydrogen-bond donors (Lipinski definition) is 1. The van der Waals surface area contributed by atoms with E-state index in [1.807, 2.05) is 6.07 Å². The van der Waals surface area contributed by atoms with Gasteiger partial charge in [-0.3, -0.25) is 0 Å². The Bertz CT molecular complexity index is 614. The molecule has 0 aliphatic carbocycles. The van der Waals surface area contributed by atoms with Crippen LogP contribution < -0.4 is 5.32 Å². The number of nitrogens with one attached hydrogen (secondary N) is 1. The standard InChI is InChI=1S/C12H6Cl2FN3/c13-9-4-8(5-10(14)12(9)15)18-11-3-1-2-7(6-16)17-11/h1-5H,(H,17,18). The Morgan fingerprint density at radius 2 is 1.89 bits per heavy atom. The molecular formula is C12H6Cl2FN3. The molecule has 0 amide bonds. The lowest BCUT2D eigenvalue weighted by molar-refractivity contribution is 0.629. The fourth-order valence-electron chi connectivity index (χ4n) is 1.34. The lowest BCUT2D eigenvalue weighted by atomic mass is 10.3. The van der Waals surface area contributed by atoms with Crippen LogP contribution in [-0.4, -0.2) is 4.98 Å². The van der Waals surface area contributed by atoms with E-state index in [1.165, 1.54) is 12.1 Å². The second kappa shape index (κ2) is 5.21. The van der Waals surface area contributed by atoms with Crippen molar-refractivity contribution in [3.05, 3.63) is 51.9 Å². The van der Waals surface area contributed by atoms with Crippen LogP contribution in [0.15, 0.2) is 30.3 Å². The summed E-state index contributed by atoms with van der Waals surface area (Å²) >= 11 is 11.3. The van der Waals surface area contributed by atoms with E-state index in [2.05, 4.69) is 10.3 Å². The molecule has 0 atom stereocenters. The van der Waals surface area contributed by atoms with Gasteiger partial charge in [0, 0.05) is 5.69 Å². The summed E-state index contributed by atoms with van der Waals surface area (Å²) in [5.41, 5.74) is 0.772. The number of rotatable bonds is 2. The van der Waals surface area contributed by atoms with Gasteiger partial charge in [-0.2, -0.15) is 5.26 Å². The van der Waals surface area contributed by atoms with Crippen LogP contribution in [0.4, 0.5) is 15.9 Å². The lowest BCUT2D eigenvalue weighted by Crippen LogP contribution is -1.95. The number of halogens is 3. The zero-order valence-electron chi connectivity index (χ0n) is 8.92. The first-order valence-corrected chi connectivity index (χ1v) is 5.64. The maximum atomic E-state index is 13.2. The molecule has 0 saturated heterocycles. The van der Waals surface area contributed by atoms with E-state index in [-0.39, 0.29) is 15.7 Å². The average molecular weight is 282 g/mol. The van der Waals surface area contributed by atoms with E-state index in [0.717, 1.165) is 0 Å². The highest BCUT2D eigenvalue weighted by atomic mass is 35.5. The first-order valence-electron chi connectivity index (χ1n) is 4.89. The van der Waals surface area contributed by atoms with Crippen molar-refractivity contribution in [1.29, 1.82) is 5.26 Å². The van der Waals surface area contributed by atoms with Crippen LogP contribution in [0.1, 0.15) is 5.69 Å². The van der Waals surface area contributed by atoms with Crippen molar-refractivity contribution in [1.82, 2.24) is 4.98 Å². The van der Waals surface area contributed by atoms with Crippen LogP contribution in [0.25, 0.3) is 0 Å². The first kappa shape index (κ1) is 12.6. The average Bonchev–Trinajstić information content (AvgIpc) is 2.36. The number of aromatic nitrogens is 1. The van der Waals surface area contributed by atoms with Crippen molar-refractivity contribution in [2.24, 2.45) is 0 Å². The van der Waals surface area contributed by atoms with Gasteiger partial charge in [-0.05, 0) is 24.3 Å². The molecule has 3 nitrogen and oxygen atoms in total. The van der Waals surface area contributed by atoms with Gasteiger partial charge < -0.3 is 5.32 Å². The van der Waals surface area contributed by atoms with Crippen LogP contribution in [-0.2, 0) is 0 Å². The molecule has 90 valence electrons. The minimum atomic E-state index is -0.664. The van der Waals surface area contributed by atoms with Gasteiger partial charge in [0.2, 0.25) is 0 Å². The Balaban J connectivity index is 2.32. The molecule has 18 heavy (non-hydrogen) atoms. The molecule has 2 rings (SSSR count). The van der Waals surface area contributed by atoms with Crippen molar-refractivity contribution in [3.63, 3.8) is 0 Å². The van der Waals surface area contributed by atoms with E-state index in [4.69, 9.17) is 28.5 Å². The molecule has 0 radical (unpaired) electrons. The van der Waals surface area contributed by atoms with Gasteiger partial charge >= 0.3 is 0 Å². The van der Waals surface area contributed by atoms with E-state index in [1.54, 1.807) is 18.2 Å². The van der Waals surface area contributed by atoms with Crippen LogP contribution in [0, 0.1) is 17.1 Å². The lowest BCUT2D eigenvalue weighted by Gasteiger charge is -2.07. The van der Waals surface area contributed by atoms with Crippen molar-refractivity contribution in [3.8, 4) is 6.07 Å².